The minimum atomic E-state index is -1.05. The largest absolute Gasteiger partial charge is 0.393 e. The average Bonchev–Trinajstić information content (AvgIpc) is 2.36. The zero-order valence-corrected chi connectivity index (χ0v) is 9.99. The molecule has 4 heteroatoms. The molecule has 0 aromatic carbocycles. The van der Waals surface area contributed by atoms with E-state index in [0.29, 0.717) is 12.8 Å². The van der Waals surface area contributed by atoms with Gasteiger partial charge in [0.05, 0.1) is 18.3 Å². The van der Waals surface area contributed by atoms with Gasteiger partial charge in [-0.15, -0.1) is 0 Å². The predicted molar refractivity (Wildman–Crippen MR) is 58.2 cm³/mol. The summed E-state index contributed by atoms with van der Waals surface area (Å²) in [5, 5.41) is 9.36. The molecule has 3 atom stereocenters. The van der Waals surface area contributed by atoms with Crippen molar-refractivity contribution in [1.82, 2.24) is 0 Å². The molecule has 16 heavy (non-hydrogen) atoms. The normalized spacial score (nSPS) is 44.9. The van der Waals surface area contributed by atoms with Gasteiger partial charge in [0.15, 0.2) is 5.78 Å². The lowest BCUT2D eigenvalue weighted by Gasteiger charge is -2.43. The first kappa shape index (κ1) is 12.0. The quantitative estimate of drug-likeness (QED) is 0.729. The van der Waals surface area contributed by atoms with Gasteiger partial charge in [-0.1, -0.05) is 0 Å². The van der Waals surface area contributed by atoms with Crippen molar-refractivity contribution in [2.45, 2.75) is 56.8 Å². The Morgan fingerprint density at radius 1 is 1.50 bits per heavy atom. The molecule has 92 valence electrons. The van der Waals surface area contributed by atoms with Crippen molar-refractivity contribution < 1.29 is 19.4 Å². The molecule has 0 unspecified atom stereocenters. The maximum atomic E-state index is 11.9. The van der Waals surface area contributed by atoms with E-state index in [9.17, 15) is 9.90 Å². The number of aliphatic hydroxyl groups is 1. The van der Waals surface area contributed by atoms with E-state index in [0.717, 1.165) is 19.4 Å². The summed E-state index contributed by atoms with van der Waals surface area (Å²) in [5.74, 6) is -0.0192. The van der Waals surface area contributed by atoms with E-state index in [4.69, 9.17) is 9.47 Å². The number of rotatable bonds is 1. The Bertz CT molecular complexity index is 291. The number of ether oxygens (including phenoxy) is 2. The maximum absolute atomic E-state index is 11.9. The molecular weight excluding hydrogens is 208 g/mol. The molecule has 2 saturated heterocycles. The molecule has 2 aliphatic heterocycles. The predicted octanol–water partition coefficient (Wildman–Crippen LogP) is 1.05. The monoisotopic (exact) mass is 228 g/mol. The smallest absolute Gasteiger partial charge is 0.166 e. The number of hydrogen-bond acceptors (Lipinski definition) is 4. The number of ketones is 1. The van der Waals surface area contributed by atoms with Crippen molar-refractivity contribution >= 4 is 5.78 Å². The highest BCUT2D eigenvalue weighted by atomic mass is 16.6. The van der Waals surface area contributed by atoms with Gasteiger partial charge >= 0.3 is 0 Å². The first-order valence-electron chi connectivity index (χ1n) is 5.96. The molecule has 0 amide bonds. The Kier molecular flexibility index (Phi) is 3.07. The lowest BCUT2D eigenvalue weighted by molar-refractivity contribution is -0.217. The van der Waals surface area contributed by atoms with Crippen LogP contribution in [0.5, 0.6) is 0 Å². The Morgan fingerprint density at radius 3 is 2.94 bits per heavy atom. The Balaban J connectivity index is 2.26. The molecule has 0 aromatic rings. The van der Waals surface area contributed by atoms with Crippen LogP contribution in [-0.4, -0.2) is 41.4 Å². The fraction of sp³-hybridized carbons (Fsp3) is 0.917. The lowest BCUT2D eigenvalue weighted by Crippen LogP contribution is -2.53. The second-order valence-electron chi connectivity index (χ2n) is 5.23. The molecule has 1 N–H and O–H groups in total. The van der Waals surface area contributed by atoms with Crippen LogP contribution >= 0.6 is 0 Å². The summed E-state index contributed by atoms with van der Waals surface area (Å²) in [6.07, 6.45) is 2.95. The highest BCUT2D eigenvalue weighted by Crippen LogP contribution is 2.38. The molecule has 0 aliphatic carbocycles. The van der Waals surface area contributed by atoms with Gasteiger partial charge in [0.1, 0.15) is 5.60 Å². The fourth-order valence-electron chi connectivity index (χ4n) is 2.71. The number of Topliss-reactive ketones (excluding diaryl/α,β-unsaturated/α-hetero) is 1. The second kappa shape index (κ2) is 4.09. The number of carbonyl (C=O) groups excluding carboxylic acids is 1. The molecule has 0 bridgehead atoms. The fourth-order valence-corrected chi connectivity index (χ4v) is 2.71. The molecule has 2 rings (SSSR count). The van der Waals surface area contributed by atoms with Crippen LogP contribution in [0.1, 0.15) is 39.5 Å². The van der Waals surface area contributed by atoms with Gasteiger partial charge in [0, 0.05) is 13.0 Å². The van der Waals surface area contributed by atoms with E-state index in [-0.39, 0.29) is 18.5 Å². The van der Waals surface area contributed by atoms with Crippen LogP contribution in [0, 0.1) is 0 Å². The summed E-state index contributed by atoms with van der Waals surface area (Å²) < 4.78 is 11.6. The highest BCUT2D eigenvalue weighted by molar-refractivity contribution is 5.87. The van der Waals surface area contributed by atoms with Gasteiger partial charge in [-0.25, -0.2) is 0 Å². The molecule has 0 radical (unpaired) electrons. The summed E-state index contributed by atoms with van der Waals surface area (Å²) in [4.78, 5) is 11.9. The van der Waals surface area contributed by atoms with Gasteiger partial charge in [-0.3, -0.25) is 4.79 Å². The number of hydrogen-bond donors (Lipinski definition) is 1. The molecule has 2 heterocycles. The average molecular weight is 228 g/mol. The first-order valence-corrected chi connectivity index (χ1v) is 5.96. The number of aliphatic hydroxyl groups excluding tert-OH is 1. The standard InChI is InChI=1S/C12H20O4/c1-11-6-3-7-15-10(11)5-4-9(14)12(2,8-13)16-11/h10,13H,3-8H2,1-2H3/t10-,11+,12-/m1/s1. The molecule has 4 nitrogen and oxygen atoms in total. The third kappa shape index (κ3) is 1.90. The van der Waals surface area contributed by atoms with Gasteiger partial charge < -0.3 is 14.6 Å². The van der Waals surface area contributed by atoms with Crippen molar-refractivity contribution in [3.05, 3.63) is 0 Å². The van der Waals surface area contributed by atoms with E-state index in [2.05, 4.69) is 0 Å². The summed E-state index contributed by atoms with van der Waals surface area (Å²) >= 11 is 0. The third-order valence-corrected chi connectivity index (χ3v) is 3.80. The Labute approximate surface area is 95.9 Å². The summed E-state index contributed by atoms with van der Waals surface area (Å²) in [7, 11) is 0. The van der Waals surface area contributed by atoms with Crippen molar-refractivity contribution in [3.63, 3.8) is 0 Å². The van der Waals surface area contributed by atoms with Gasteiger partial charge in [-0.2, -0.15) is 0 Å². The van der Waals surface area contributed by atoms with E-state index in [1.165, 1.54) is 0 Å². The van der Waals surface area contributed by atoms with Crippen LogP contribution in [0.15, 0.2) is 0 Å². The summed E-state index contributed by atoms with van der Waals surface area (Å²) in [5.41, 5.74) is -1.48. The number of fused-ring (bicyclic) bond motifs is 1. The molecular formula is C12H20O4. The molecule has 0 aromatic heterocycles. The van der Waals surface area contributed by atoms with Crippen molar-refractivity contribution in [1.29, 1.82) is 0 Å². The number of carbonyl (C=O) groups is 1. The zero-order valence-electron chi connectivity index (χ0n) is 9.99. The van der Waals surface area contributed by atoms with E-state index < -0.39 is 11.2 Å². The van der Waals surface area contributed by atoms with Gasteiger partial charge in [0.2, 0.25) is 0 Å². The highest BCUT2D eigenvalue weighted by Gasteiger charge is 2.49. The molecule has 2 aliphatic rings. The maximum Gasteiger partial charge on any atom is 0.166 e. The van der Waals surface area contributed by atoms with Crippen molar-refractivity contribution in [2.75, 3.05) is 13.2 Å². The summed E-state index contributed by atoms with van der Waals surface area (Å²) in [6, 6.07) is 0. The van der Waals surface area contributed by atoms with E-state index in [1.807, 2.05) is 6.92 Å². The SMILES string of the molecule is C[C@]1(CO)O[C@@]2(C)CCCO[C@@H]2CCC1=O. The molecule has 0 spiro atoms. The first-order chi connectivity index (χ1) is 7.50. The minimum absolute atomic E-state index is 0.0152. The minimum Gasteiger partial charge on any atom is -0.393 e. The Morgan fingerprint density at radius 2 is 2.25 bits per heavy atom. The van der Waals surface area contributed by atoms with Gasteiger partial charge in [-0.05, 0) is 33.1 Å². The second-order valence-corrected chi connectivity index (χ2v) is 5.23. The molecule has 0 saturated carbocycles. The van der Waals surface area contributed by atoms with Crippen LogP contribution < -0.4 is 0 Å². The summed E-state index contributed by atoms with van der Waals surface area (Å²) in [6.45, 7) is 4.16. The topological polar surface area (TPSA) is 55.8 Å². The molecule has 2 fully saturated rings. The van der Waals surface area contributed by atoms with E-state index >= 15 is 0 Å². The lowest BCUT2D eigenvalue weighted by atomic mass is 9.88. The zero-order chi connectivity index (χ0) is 11.8. The third-order valence-electron chi connectivity index (χ3n) is 3.80. The van der Waals surface area contributed by atoms with Crippen LogP contribution in [0.25, 0.3) is 0 Å². The van der Waals surface area contributed by atoms with Crippen molar-refractivity contribution in [2.24, 2.45) is 0 Å². The van der Waals surface area contributed by atoms with Crippen LogP contribution in [-0.2, 0) is 14.3 Å². The Hall–Kier alpha value is -0.450. The van der Waals surface area contributed by atoms with Crippen LogP contribution in [0.2, 0.25) is 0 Å². The van der Waals surface area contributed by atoms with Crippen LogP contribution in [0.3, 0.4) is 0 Å². The van der Waals surface area contributed by atoms with Crippen LogP contribution in [0.4, 0.5) is 0 Å². The van der Waals surface area contributed by atoms with Gasteiger partial charge in [0.25, 0.3) is 0 Å². The van der Waals surface area contributed by atoms with E-state index in [1.54, 1.807) is 6.92 Å². The van der Waals surface area contributed by atoms with Crippen molar-refractivity contribution in [3.8, 4) is 0 Å².